The van der Waals surface area contributed by atoms with E-state index in [0.29, 0.717) is 36.2 Å². The monoisotopic (exact) mass is 386 g/mol. The number of carboxylic acid groups (broad SMARTS) is 1. The minimum absolute atomic E-state index is 0.0612. The summed E-state index contributed by atoms with van der Waals surface area (Å²) in [6.45, 7) is 2.51. The third-order valence-corrected chi connectivity index (χ3v) is 4.39. The molecule has 7 nitrogen and oxygen atoms in total. The van der Waals surface area contributed by atoms with E-state index < -0.39 is 5.97 Å². The van der Waals surface area contributed by atoms with Gasteiger partial charge >= 0.3 is 5.97 Å². The van der Waals surface area contributed by atoms with Crippen molar-refractivity contribution < 1.29 is 23.9 Å². The minimum atomic E-state index is -0.816. The number of halogens is 1. The van der Waals surface area contributed by atoms with Gasteiger partial charge in [-0.3, -0.25) is 14.4 Å². The molecule has 0 unspecified atom stereocenters. The lowest BCUT2D eigenvalue weighted by molar-refractivity contribution is -0.145. The molecule has 1 aromatic rings. The molecule has 0 atom stereocenters. The number of likely N-dealkylation sites (tertiary alicyclic amines) is 1. The van der Waals surface area contributed by atoms with Crippen molar-refractivity contribution in [3.05, 3.63) is 22.1 Å². The maximum absolute atomic E-state index is 12.3. The molecule has 0 spiro atoms. The van der Waals surface area contributed by atoms with E-state index in [-0.39, 0.29) is 30.0 Å². The number of likely N-dealkylation sites (N-methyl/N-ethyl adjacent to an activating group) is 1. The molecule has 0 saturated carbocycles. The van der Waals surface area contributed by atoms with Crippen LogP contribution in [0.5, 0.6) is 0 Å². The van der Waals surface area contributed by atoms with E-state index in [1.807, 2.05) is 0 Å². The first kappa shape index (κ1) is 17.5. The van der Waals surface area contributed by atoms with Crippen LogP contribution >= 0.6 is 15.9 Å². The van der Waals surface area contributed by atoms with Gasteiger partial charge in [-0.1, -0.05) is 0 Å². The van der Waals surface area contributed by atoms with E-state index in [1.165, 1.54) is 4.90 Å². The highest BCUT2D eigenvalue weighted by Gasteiger charge is 2.28. The quantitative estimate of drug-likeness (QED) is 0.850. The Kier molecular flexibility index (Phi) is 5.46. The lowest BCUT2D eigenvalue weighted by Crippen LogP contribution is -2.45. The lowest BCUT2D eigenvalue weighted by atomic mass is 9.97. The molecule has 1 aliphatic heterocycles. The summed E-state index contributed by atoms with van der Waals surface area (Å²) in [5, 5.41) is 8.96. The van der Waals surface area contributed by atoms with Crippen LogP contribution in [0.3, 0.4) is 0 Å². The number of hydrogen-bond acceptors (Lipinski definition) is 4. The first-order valence-electron chi connectivity index (χ1n) is 7.31. The molecular weight excluding hydrogens is 368 g/mol. The fourth-order valence-electron chi connectivity index (χ4n) is 2.58. The molecule has 1 aliphatic rings. The van der Waals surface area contributed by atoms with Crippen molar-refractivity contribution in [1.29, 1.82) is 0 Å². The van der Waals surface area contributed by atoms with Gasteiger partial charge in [0.05, 0.1) is 12.5 Å². The Morgan fingerprint density at radius 1 is 1.39 bits per heavy atom. The van der Waals surface area contributed by atoms with Crippen LogP contribution in [-0.2, 0) is 9.59 Å². The number of rotatable bonds is 4. The lowest BCUT2D eigenvalue weighted by Gasteiger charge is -2.31. The molecule has 2 heterocycles. The van der Waals surface area contributed by atoms with Crippen molar-refractivity contribution in [2.24, 2.45) is 5.92 Å². The van der Waals surface area contributed by atoms with Crippen molar-refractivity contribution in [2.75, 3.05) is 26.7 Å². The van der Waals surface area contributed by atoms with Crippen LogP contribution in [0.4, 0.5) is 0 Å². The van der Waals surface area contributed by atoms with Crippen molar-refractivity contribution in [3.63, 3.8) is 0 Å². The third kappa shape index (κ3) is 4.13. The summed E-state index contributed by atoms with van der Waals surface area (Å²) in [4.78, 5) is 38.4. The molecule has 8 heteroatoms. The van der Waals surface area contributed by atoms with Crippen molar-refractivity contribution >= 4 is 33.7 Å². The van der Waals surface area contributed by atoms with Gasteiger partial charge in [-0.15, -0.1) is 0 Å². The van der Waals surface area contributed by atoms with Gasteiger partial charge in [-0.2, -0.15) is 0 Å². The highest BCUT2D eigenvalue weighted by atomic mass is 79.9. The van der Waals surface area contributed by atoms with E-state index in [0.717, 1.165) is 0 Å². The summed E-state index contributed by atoms with van der Waals surface area (Å²) in [5.41, 5.74) is 0.698. The second kappa shape index (κ2) is 7.16. The van der Waals surface area contributed by atoms with Crippen molar-refractivity contribution in [3.8, 4) is 0 Å². The normalized spacial score (nSPS) is 15.5. The standard InChI is InChI=1S/C15H19BrN2O5/c1-9-7-11(16)23-13(9)14(20)17(2)8-12(19)18-5-3-10(4-6-18)15(21)22/h7,10H,3-6,8H2,1-2H3,(H,21,22). The molecule has 2 amide bonds. The second-order valence-electron chi connectivity index (χ2n) is 5.72. The zero-order valence-electron chi connectivity index (χ0n) is 13.0. The van der Waals surface area contributed by atoms with Gasteiger partial charge in [0, 0.05) is 25.7 Å². The summed E-state index contributed by atoms with van der Waals surface area (Å²) in [6.07, 6.45) is 0.895. The summed E-state index contributed by atoms with van der Waals surface area (Å²) in [7, 11) is 1.54. The fourth-order valence-corrected chi connectivity index (χ4v) is 3.08. The molecule has 1 saturated heterocycles. The number of amides is 2. The van der Waals surface area contributed by atoms with Crippen LogP contribution in [0.2, 0.25) is 0 Å². The van der Waals surface area contributed by atoms with E-state index in [9.17, 15) is 14.4 Å². The highest BCUT2D eigenvalue weighted by molar-refractivity contribution is 9.10. The van der Waals surface area contributed by atoms with Crippen molar-refractivity contribution in [1.82, 2.24) is 9.80 Å². The highest BCUT2D eigenvalue weighted by Crippen LogP contribution is 2.21. The summed E-state index contributed by atoms with van der Waals surface area (Å²) >= 11 is 3.17. The number of furan rings is 1. The Bertz CT molecular complexity index is 619. The van der Waals surface area contributed by atoms with Gasteiger partial charge < -0.3 is 19.3 Å². The average Bonchev–Trinajstić information content (AvgIpc) is 2.85. The Labute approximate surface area is 142 Å². The fraction of sp³-hybridized carbons (Fsp3) is 0.533. The molecule has 0 aromatic carbocycles. The van der Waals surface area contributed by atoms with Gasteiger partial charge in [0.15, 0.2) is 10.4 Å². The number of aryl methyl sites for hydroxylation is 1. The van der Waals surface area contributed by atoms with E-state index in [4.69, 9.17) is 9.52 Å². The maximum atomic E-state index is 12.3. The minimum Gasteiger partial charge on any atom is -0.481 e. The Balaban J connectivity index is 1.91. The zero-order valence-corrected chi connectivity index (χ0v) is 14.6. The molecule has 1 N–H and O–H groups in total. The van der Waals surface area contributed by atoms with Crippen LogP contribution in [0, 0.1) is 12.8 Å². The smallest absolute Gasteiger partial charge is 0.306 e. The van der Waals surface area contributed by atoms with E-state index >= 15 is 0 Å². The molecule has 1 fully saturated rings. The maximum Gasteiger partial charge on any atom is 0.306 e. The molecular formula is C15H19BrN2O5. The predicted octanol–water partition coefficient (Wildman–Crippen LogP) is 1.75. The summed E-state index contributed by atoms with van der Waals surface area (Å²) in [6, 6.07) is 1.69. The van der Waals surface area contributed by atoms with Crippen LogP contribution < -0.4 is 0 Å². The number of aliphatic carboxylic acids is 1. The van der Waals surface area contributed by atoms with Crippen LogP contribution in [0.15, 0.2) is 15.2 Å². The molecule has 0 bridgehead atoms. The topological polar surface area (TPSA) is 91.1 Å². The van der Waals surface area contributed by atoms with Gasteiger partial charge in [-0.25, -0.2) is 0 Å². The zero-order chi connectivity index (χ0) is 17.1. The molecule has 0 radical (unpaired) electrons. The summed E-state index contributed by atoms with van der Waals surface area (Å²) in [5.74, 6) is -1.54. The Hall–Kier alpha value is -1.83. The number of carbonyl (C=O) groups is 3. The SMILES string of the molecule is Cc1cc(Br)oc1C(=O)N(C)CC(=O)N1CCC(C(=O)O)CC1. The van der Waals surface area contributed by atoms with Crippen LogP contribution in [0.25, 0.3) is 0 Å². The number of piperidine rings is 1. The van der Waals surface area contributed by atoms with Gasteiger partial charge in [0.1, 0.15) is 0 Å². The summed E-state index contributed by atoms with van der Waals surface area (Å²) < 4.78 is 5.77. The van der Waals surface area contributed by atoms with Crippen molar-refractivity contribution in [2.45, 2.75) is 19.8 Å². The molecule has 2 rings (SSSR count). The van der Waals surface area contributed by atoms with Crippen LogP contribution in [-0.4, -0.2) is 59.4 Å². The Morgan fingerprint density at radius 3 is 2.48 bits per heavy atom. The largest absolute Gasteiger partial charge is 0.481 e. The van der Waals surface area contributed by atoms with Gasteiger partial charge in [0.25, 0.3) is 5.91 Å². The molecule has 1 aromatic heterocycles. The number of hydrogen-bond donors (Lipinski definition) is 1. The van der Waals surface area contributed by atoms with Gasteiger partial charge in [0.2, 0.25) is 5.91 Å². The van der Waals surface area contributed by atoms with Gasteiger partial charge in [-0.05, 0) is 41.8 Å². The molecule has 23 heavy (non-hydrogen) atoms. The number of carboxylic acids is 1. The number of nitrogens with zero attached hydrogens (tertiary/aromatic N) is 2. The third-order valence-electron chi connectivity index (χ3n) is 4.00. The molecule has 0 aliphatic carbocycles. The number of carbonyl (C=O) groups excluding carboxylic acids is 2. The van der Waals surface area contributed by atoms with E-state index in [1.54, 1.807) is 24.9 Å². The van der Waals surface area contributed by atoms with E-state index in [2.05, 4.69) is 15.9 Å². The average molecular weight is 387 g/mol. The first-order valence-corrected chi connectivity index (χ1v) is 8.11. The second-order valence-corrected chi connectivity index (χ2v) is 6.50. The predicted molar refractivity (Wildman–Crippen MR) is 85.0 cm³/mol. The first-order chi connectivity index (χ1) is 10.8. The Morgan fingerprint density at radius 2 is 2.00 bits per heavy atom. The van der Waals surface area contributed by atoms with Crippen LogP contribution in [0.1, 0.15) is 29.0 Å². The molecule has 126 valence electrons.